The van der Waals surface area contributed by atoms with Crippen molar-refractivity contribution in [3.63, 3.8) is 0 Å². The van der Waals surface area contributed by atoms with Crippen LogP contribution in [0.15, 0.2) is 30.3 Å². The van der Waals surface area contributed by atoms with Crippen LogP contribution < -0.4 is 24.7 Å². The van der Waals surface area contributed by atoms with Gasteiger partial charge in [0.05, 0.1) is 27.0 Å². The van der Waals surface area contributed by atoms with E-state index in [4.69, 9.17) is 24.7 Å². The van der Waals surface area contributed by atoms with Gasteiger partial charge < -0.3 is 24.7 Å². The van der Waals surface area contributed by atoms with Gasteiger partial charge in [0.2, 0.25) is 11.6 Å². The molecule has 0 amide bonds. The van der Waals surface area contributed by atoms with Crippen molar-refractivity contribution in [1.82, 2.24) is 4.98 Å². The highest BCUT2D eigenvalue weighted by Crippen LogP contribution is 2.41. The van der Waals surface area contributed by atoms with E-state index in [0.29, 0.717) is 35.4 Å². The lowest BCUT2D eigenvalue weighted by atomic mass is 10.2. The molecular formula is C15H18N2O4. The van der Waals surface area contributed by atoms with Gasteiger partial charge in [0.25, 0.3) is 0 Å². The van der Waals surface area contributed by atoms with Gasteiger partial charge in [-0.15, -0.1) is 0 Å². The fourth-order valence-electron chi connectivity index (χ4n) is 1.86. The molecule has 0 bridgehead atoms. The lowest BCUT2D eigenvalue weighted by molar-refractivity contribution is 0.320. The minimum atomic E-state index is 0.354. The van der Waals surface area contributed by atoms with Gasteiger partial charge in [-0.2, -0.15) is 0 Å². The van der Waals surface area contributed by atoms with E-state index in [0.717, 1.165) is 5.69 Å². The number of methoxy groups -OCH3 is 3. The van der Waals surface area contributed by atoms with Crippen molar-refractivity contribution >= 4 is 0 Å². The molecule has 112 valence electrons. The van der Waals surface area contributed by atoms with Crippen molar-refractivity contribution in [3.05, 3.63) is 36.0 Å². The Kier molecular flexibility index (Phi) is 4.84. The summed E-state index contributed by atoms with van der Waals surface area (Å²) in [6.45, 7) is 0.354. The number of nitrogens with zero attached hydrogens (tertiary/aromatic N) is 1. The SMILES string of the molecule is COc1cc(Oc2cccc(CN)n2)cc(OC)c1OC. The highest BCUT2D eigenvalue weighted by Gasteiger charge is 2.14. The van der Waals surface area contributed by atoms with Gasteiger partial charge in [0.15, 0.2) is 11.5 Å². The Morgan fingerprint density at radius 3 is 2.19 bits per heavy atom. The van der Waals surface area contributed by atoms with Crippen LogP contribution in [0.4, 0.5) is 0 Å². The zero-order valence-corrected chi connectivity index (χ0v) is 12.3. The van der Waals surface area contributed by atoms with Gasteiger partial charge in [0, 0.05) is 24.7 Å². The van der Waals surface area contributed by atoms with Crippen molar-refractivity contribution < 1.29 is 18.9 Å². The van der Waals surface area contributed by atoms with Crippen LogP contribution in [-0.4, -0.2) is 26.3 Å². The van der Waals surface area contributed by atoms with Gasteiger partial charge in [0.1, 0.15) is 5.75 Å². The van der Waals surface area contributed by atoms with Crippen LogP contribution in [0.5, 0.6) is 28.9 Å². The molecule has 0 unspecified atom stereocenters. The molecule has 1 heterocycles. The van der Waals surface area contributed by atoms with Gasteiger partial charge in [-0.3, -0.25) is 0 Å². The Labute approximate surface area is 123 Å². The molecule has 1 aromatic carbocycles. The molecule has 2 rings (SSSR count). The number of ether oxygens (including phenoxy) is 4. The van der Waals surface area contributed by atoms with Crippen molar-refractivity contribution in [3.8, 4) is 28.9 Å². The first kappa shape index (κ1) is 14.9. The monoisotopic (exact) mass is 290 g/mol. The van der Waals surface area contributed by atoms with Crippen molar-refractivity contribution in [2.75, 3.05) is 21.3 Å². The zero-order valence-electron chi connectivity index (χ0n) is 12.3. The van der Waals surface area contributed by atoms with Crippen LogP contribution in [0, 0.1) is 0 Å². The van der Waals surface area contributed by atoms with E-state index in [9.17, 15) is 0 Å². The highest BCUT2D eigenvalue weighted by molar-refractivity contribution is 5.56. The van der Waals surface area contributed by atoms with E-state index in [1.165, 1.54) is 0 Å². The lowest BCUT2D eigenvalue weighted by Gasteiger charge is -2.14. The number of pyridine rings is 1. The summed E-state index contributed by atoms with van der Waals surface area (Å²) >= 11 is 0. The van der Waals surface area contributed by atoms with Gasteiger partial charge in [-0.25, -0.2) is 4.98 Å². The van der Waals surface area contributed by atoms with Crippen molar-refractivity contribution in [2.24, 2.45) is 5.73 Å². The van der Waals surface area contributed by atoms with Crippen LogP contribution in [0.2, 0.25) is 0 Å². The van der Waals surface area contributed by atoms with Gasteiger partial charge in [-0.1, -0.05) is 6.07 Å². The fourth-order valence-corrected chi connectivity index (χ4v) is 1.86. The van der Waals surface area contributed by atoms with E-state index in [2.05, 4.69) is 4.98 Å². The summed E-state index contributed by atoms with van der Waals surface area (Å²) in [5.74, 6) is 2.53. The van der Waals surface area contributed by atoms with E-state index in [1.807, 2.05) is 12.1 Å². The van der Waals surface area contributed by atoms with Crippen LogP contribution in [0.1, 0.15) is 5.69 Å². The number of aromatic nitrogens is 1. The molecular weight excluding hydrogens is 272 g/mol. The number of nitrogens with two attached hydrogens (primary N) is 1. The maximum Gasteiger partial charge on any atom is 0.219 e. The third kappa shape index (κ3) is 3.35. The smallest absolute Gasteiger partial charge is 0.219 e. The zero-order chi connectivity index (χ0) is 15.2. The summed E-state index contributed by atoms with van der Waals surface area (Å²) in [5.41, 5.74) is 6.32. The molecule has 21 heavy (non-hydrogen) atoms. The lowest BCUT2D eigenvalue weighted by Crippen LogP contribution is -2.00. The Hall–Kier alpha value is -2.47. The van der Waals surface area contributed by atoms with Crippen LogP contribution in [0.3, 0.4) is 0 Å². The Morgan fingerprint density at radius 1 is 1.00 bits per heavy atom. The Morgan fingerprint density at radius 2 is 1.67 bits per heavy atom. The van der Waals surface area contributed by atoms with Gasteiger partial charge >= 0.3 is 0 Å². The quantitative estimate of drug-likeness (QED) is 0.880. The first-order chi connectivity index (χ1) is 10.2. The topological polar surface area (TPSA) is 75.8 Å². The highest BCUT2D eigenvalue weighted by atomic mass is 16.5. The second kappa shape index (κ2) is 6.81. The maximum atomic E-state index is 5.72. The van der Waals surface area contributed by atoms with E-state index in [1.54, 1.807) is 39.5 Å². The van der Waals surface area contributed by atoms with E-state index in [-0.39, 0.29) is 0 Å². The minimum absolute atomic E-state index is 0.354. The summed E-state index contributed by atoms with van der Waals surface area (Å²) in [5, 5.41) is 0. The van der Waals surface area contributed by atoms with Gasteiger partial charge in [-0.05, 0) is 6.07 Å². The molecule has 0 saturated carbocycles. The summed E-state index contributed by atoms with van der Waals surface area (Å²) in [4.78, 5) is 4.28. The summed E-state index contributed by atoms with van der Waals surface area (Å²) in [6, 6.07) is 8.84. The Bertz CT molecular complexity index is 591. The molecule has 0 aliphatic carbocycles. The third-order valence-electron chi connectivity index (χ3n) is 2.85. The molecule has 6 heteroatoms. The molecule has 2 aromatic rings. The van der Waals surface area contributed by atoms with Crippen molar-refractivity contribution in [1.29, 1.82) is 0 Å². The largest absolute Gasteiger partial charge is 0.493 e. The summed E-state index contributed by atoms with van der Waals surface area (Å²) < 4.78 is 21.5. The second-order valence-electron chi connectivity index (χ2n) is 4.13. The second-order valence-corrected chi connectivity index (χ2v) is 4.13. The average molecular weight is 290 g/mol. The Balaban J connectivity index is 2.35. The van der Waals surface area contributed by atoms with Crippen molar-refractivity contribution in [2.45, 2.75) is 6.54 Å². The standard InChI is InChI=1S/C15H18N2O4/c1-18-12-7-11(8-13(19-2)15(12)20-3)21-14-6-4-5-10(9-16)17-14/h4-8H,9,16H2,1-3H3. The first-order valence-corrected chi connectivity index (χ1v) is 6.35. The molecule has 0 fully saturated rings. The average Bonchev–Trinajstić information content (AvgIpc) is 2.53. The number of hydrogen-bond donors (Lipinski definition) is 1. The molecule has 1 aromatic heterocycles. The van der Waals surface area contributed by atoms with E-state index >= 15 is 0 Å². The minimum Gasteiger partial charge on any atom is -0.493 e. The van der Waals surface area contributed by atoms with E-state index < -0.39 is 0 Å². The maximum absolute atomic E-state index is 5.72. The summed E-state index contributed by atoms with van der Waals surface area (Å²) in [7, 11) is 4.65. The molecule has 6 nitrogen and oxygen atoms in total. The van der Waals surface area contributed by atoms with Crippen LogP contribution in [0.25, 0.3) is 0 Å². The number of benzene rings is 1. The normalized spacial score (nSPS) is 10.1. The molecule has 0 spiro atoms. The first-order valence-electron chi connectivity index (χ1n) is 6.35. The number of hydrogen-bond acceptors (Lipinski definition) is 6. The van der Waals surface area contributed by atoms with Crippen LogP contribution >= 0.6 is 0 Å². The molecule has 0 radical (unpaired) electrons. The molecule has 0 aliphatic rings. The molecule has 0 atom stereocenters. The molecule has 0 aliphatic heterocycles. The summed E-state index contributed by atoms with van der Waals surface area (Å²) in [6.07, 6.45) is 0. The third-order valence-corrected chi connectivity index (χ3v) is 2.85. The number of rotatable bonds is 6. The predicted octanol–water partition coefficient (Wildman–Crippen LogP) is 2.36. The fraction of sp³-hybridized carbons (Fsp3) is 0.267. The molecule has 0 saturated heterocycles. The molecule has 2 N–H and O–H groups in total. The van der Waals surface area contributed by atoms with Crippen LogP contribution in [-0.2, 0) is 6.54 Å². The predicted molar refractivity (Wildman–Crippen MR) is 78.3 cm³/mol.